The maximum absolute atomic E-state index is 5.76. The summed E-state index contributed by atoms with van der Waals surface area (Å²) in [5.41, 5.74) is 6.66. The molecule has 0 bridgehead atoms. The van der Waals surface area contributed by atoms with E-state index in [-0.39, 0.29) is 6.84 Å². The van der Waals surface area contributed by atoms with Crippen molar-refractivity contribution in [1.82, 2.24) is 0 Å². The van der Waals surface area contributed by atoms with Gasteiger partial charge in [-0.3, -0.25) is 0 Å². The van der Waals surface area contributed by atoms with Crippen molar-refractivity contribution < 1.29 is 1.43 Å². The third kappa shape index (κ3) is 0.991. The number of allylic oxidation sites excluding steroid dienone is 4. The Morgan fingerprint density at radius 1 is 1.90 bits per heavy atom. The van der Waals surface area contributed by atoms with Gasteiger partial charge in [0, 0.05) is 12.5 Å². The maximum Gasteiger partial charge on any atom is 0.0281 e. The summed E-state index contributed by atoms with van der Waals surface area (Å²) in [6.07, 6.45) is 8.91. The molecule has 1 aliphatic rings. The van der Waals surface area contributed by atoms with Crippen molar-refractivity contribution in [2.45, 2.75) is 13.3 Å². The van der Waals surface area contributed by atoms with Crippen LogP contribution in [0.25, 0.3) is 0 Å². The van der Waals surface area contributed by atoms with E-state index in [4.69, 9.17) is 5.73 Å². The molecule has 0 aromatic carbocycles. The Morgan fingerprint density at radius 3 is 3.00 bits per heavy atom. The van der Waals surface area contributed by atoms with E-state index in [2.05, 4.69) is 19.6 Å². The molecule has 0 fully saturated rings. The van der Waals surface area contributed by atoms with Crippen LogP contribution in [-0.4, -0.2) is 0 Å². The van der Waals surface area contributed by atoms with Crippen molar-refractivity contribution in [3.05, 3.63) is 36.6 Å². The molecule has 1 atom stereocenters. The van der Waals surface area contributed by atoms with Gasteiger partial charge in [-0.15, -0.1) is 6.58 Å². The van der Waals surface area contributed by atoms with Crippen LogP contribution in [-0.2, 0) is 0 Å². The molecule has 0 aromatic rings. The predicted octanol–water partition coefficient (Wildman–Crippen LogP) is 2.23. The first kappa shape index (κ1) is 7.13. The molecule has 56 valence electrons. The number of hydrogen-bond donors (Lipinski definition) is 1. The minimum atomic E-state index is -0.00521. The van der Waals surface area contributed by atoms with Crippen LogP contribution >= 0.6 is 0 Å². The summed E-state index contributed by atoms with van der Waals surface area (Å²) in [7, 11) is 0. The third-order valence-corrected chi connectivity index (χ3v) is 2.06. The fraction of sp³-hybridized carbons (Fsp3) is 0.333. The first-order valence-electron chi connectivity index (χ1n) is 3.45. The highest BCUT2D eigenvalue weighted by Gasteiger charge is 2.22. The molecule has 0 aliphatic heterocycles. The number of hydrogen-bond acceptors (Lipinski definition) is 1. The standard InChI is InChI=1S/C9H13N.H2/c1-3-9(2)7-5-4-6-8(9)10;/h3-6H,1,7,10H2,2H3;1H. The number of nitrogens with two attached hydrogens (primary N) is 1. The van der Waals surface area contributed by atoms with Crippen LogP contribution in [0, 0.1) is 5.41 Å². The first-order valence-corrected chi connectivity index (χ1v) is 3.45. The summed E-state index contributed by atoms with van der Waals surface area (Å²) < 4.78 is 0. The predicted molar refractivity (Wildman–Crippen MR) is 46.4 cm³/mol. The van der Waals surface area contributed by atoms with E-state index in [1.54, 1.807) is 0 Å². The van der Waals surface area contributed by atoms with Gasteiger partial charge in [-0.25, -0.2) is 0 Å². The van der Waals surface area contributed by atoms with E-state index < -0.39 is 0 Å². The Labute approximate surface area is 63.4 Å². The Morgan fingerprint density at radius 2 is 2.60 bits per heavy atom. The molecule has 0 amide bonds. The average Bonchev–Trinajstić information content (AvgIpc) is 1.96. The summed E-state index contributed by atoms with van der Waals surface area (Å²) in [4.78, 5) is 0. The smallest absolute Gasteiger partial charge is 0.0281 e. The Bertz CT molecular complexity index is 206. The topological polar surface area (TPSA) is 26.0 Å². The van der Waals surface area contributed by atoms with Crippen LogP contribution in [0.15, 0.2) is 36.6 Å². The molecule has 1 aliphatic carbocycles. The highest BCUT2D eigenvalue weighted by molar-refractivity contribution is 5.27. The maximum atomic E-state index is 5.76. The van der Waals surface area contributed by atoms with Gasteiger partial charge in [0.2, 0.25) is 0 Å². The summed E-state index contributed by atoms with van der Waals surface area (Å²) in [6, 6.07) is 0. The molecule has 2 N–H and O–H groups in total. The van der Waals surface area contributed by atoms with Gasteiger partial charge in [0.05, 0.1) is 0 Å². The minimum Gasteiger partial charge on any atom is -0.401 e. The molecule has 1 nitrogen and oxygen atoms in total. The average molecular weight is 137 g/mol. The van der Waals surface area contributed by atoms with E-state index in [1.807, 2.05) is 18.2 Å². The van der Waals surface area contributed by atoms with Gasteiger partial charge >= 0.3 is 0 Å². The van der Waals surface area contributed by atoms with E-state index in [0.29, 0.717) is 0 Å². The Kier molecular flexibility index (Phi) is 1.66. The lowest BCUT2D eigenvalue weighted by Gasteiger charge is -2.26. The van der Waals surface area contributed by atoms with Gasteiger partial charge in [-0.05, 0) is 12.5 Å². The normalized spacial score (nSPS) is 31.5. The lowest BCUT2D eigenvalue weighted by molar-refractivity contribution is 0.511. The fourth-order valence-electron chi connectivity index (χ4n) is 0.994. The summed E-state index contributed by atoms with van der Waals surface area (Å²) in [6.45, 7) is 5.84. The molecular weight excluding hydrogens is 122 g/mol. The van der Waals surface area contributed by atoms with Crippen LogP contribution in [0.2, 0.25) is 0 Å². The number of rotatable bonds is 1. The van der Waals surface area contributed by atoms with Gasteiger partial charge in [-0.1, -0.05) is 25.2 Å². The van der Waals surface area contributed by atoms with Crippen molar-refractivity contribution in [2.75, 3.05) is 0 Å². The second-order valence-electron chi connectivity index (χ2n) is 2.88. The molecule has 0 saturated heterocycles. The van der Waals surface area contributed by atoms with E-state index in [9.17, 15) is 0 Å². The molecule has 0 radical (unpaired) electrons. The van der Waals surface area contributed by atoms with E-state index >= 15 is 0 Å². The molecular formula is C9H15N. The molecule has 0 saturated carbocycles. The molecule has 10 heavy (non-hydrogen) atoms. The lowest BCUT2D eigenvalue weighted by atomic mass is 9.81. The third-order valence-electron chi connectivity index (χ3n) is 2.06. The summed E-state index contributed by atoms with van der Waals surface area (Å²) in [5.74, 6) is 0. The lowest BCUT2D eigenvalue weighted by Crippen LogP contribution is -2.22. The second-order valence-corrected chi connectivity index (χ2v) is 2.88. The fourth-order valence-corrected chi connectivity index (χ4v) is 0.994. The van der Waals surface area contributed by atoms with Crippen LogP contribution in [0.1, 0.15) is 14.8 Å². The van der Waals surface area contributed by atoms with Crippen molar-refractivity contribution in [3.8, 4) is 0 Å². The highest BCUT2D eigenvalue weighted by Crippen LogP contribution is 2.31. The van der Waals surface area contributed by atoms with Gasteiger partial charge in [0.15, 0.2) is 0 Å². The van der Waals surface area contributed by atoms with Gasteiger partial charge < -0.3 is 5.73 Å². The molecule has 1 rings (SSSR count). The monoisotopic (exact) mass is 137 g/mol. The van der Waals surface area contributed by atoms with Crippen molar-refractivity contribution in [3.63, 3.8) is 0 Å². The van der Waals surface area contributed by atoms with Crippen LogP contribution in [0.3, 0.4) is 0 Å². The largest absolute Gasteiger partial charge is 0.401 e. The van der Waals surface area contributed by atoms with Gasteiger partial charge in [0.25, 0.3) is 0 Å². The van der Waals surface area contributed by atoms with Crippen molar-refractivity contribution >= 4 is 0 Å². The first-order chi connectivity index (χ1) is 4.69. The van der Waals surface area contributed by atoms with Crippen LogP contribution in [0.5, 0.6) is 0 Å². The van der Waals surface area contributed by atoms with Crippen LogP contribution in [0.4, 0.5) is 0 Å². The molecule has 0 aromatic heterocycles. The quantitative estimate of drug-likeness (QED) is 0.551. The zero-order valence-electron chi connectivity index (χ0n) is 6.30. The summed E-state index contributed by atoms with van der Waals surface area (Å²) in [5, 5.41) is 0. The highest BCUT2D eigenvalue weighted by atomic mass is 14.6. The second kappa shape index (κ2) is 2.33. The van der Waals surface area contributed by atoms with Crippen molar-refractivity contribution in [1.29, 1.82) is 0 Å². The summed E-state index contributed by atoms with van der Waals surface area (Å²) >= 11 is 0. The van der Waals surface area contributed by atoms with Gasteiger partial charge in [0.1, 0.15) is 0 Å². The van der Waals surface area contributed by atoms with E-state index in [0.717, 1.165) is 12.1 Å². The Hall–Kier alpha value is -0.980. The molecule has 1 unspecified atom stereocenters. The van der Waals surface area contributed by atoms with Crippen LogP contribution < -0.4 is 5.73 Å². The van der Waals surface area contributed by atoms with Crippen molar-refractivity contribution in [2.24, 2.45) is 11.1 Å². The molecule has 1 heteroatoms. The van der Waals surface area contributed by atoms with E-state index in [1.165, 1.54) is 0 Å². The zero-order chi connectivity index (χ0) is 7.61. The zero-order valence-corrected chi connectivity index (χ0v) is 6.30. The van der Waals surface area contributed by atoms with Gasteiger partial charge in [-0.2, -0.15) is 0 Å². The molecule has 0 heterocycles. The molecule has 0 spiro atoms. The Balaban J connectivity index is 0.000001000. The minimum absolute atomic E-state index is 0. The SMILES string of the molecule is C=CC1(C)CC=CC=C1N.[HH].